The van der Waals surface area contributed by atoms with Crippen LogP contribution in [0.3, 0.4) is 0 Å². The molecule has 1 aliphatic rings. The summed E-state index contributed by atoms with van der Waals surface area (Å²) in [5, 5.41) is 0.394. The summed E-state index contributed by atoms with van der Waals surface area (Å²) < 4.78 is 22.9. The number of hydrogen-bond donors (Lipinski definition) is 1. The lowest BCUT2D eigenvalue weighted by molar-refractivity contribution is 0.00578. The summed E-state index contributed by atoms with van der Waals surface area (Å²) in [6.07, 6.45) is 3.03. The van der Waals surface area contributed by atoms with E-state index in [-0.39, 0.29) is 5.43 Å². The lowest BCUT2D eigenvalue weighted by Crippen LogP contribution is -2.43. The zero-order valence-corrected chi connectivity index (χ0v) is 12.6. The predicted octanol–water partition coefficient (Wildman–Crippen LogP) is 0.411. The van der Waals surface area contributed by atoms with Crippen molar-refractivity contribution in [3.05, 3.63) is 22.5 Å². The van der Waals surface area contributed by atoms with E-state index in [1.54, 1.807) is 0 Å². The fraction of sp³-hybridized carbons (Fsp3) is 0.583. The van der Waals surface area contributed by atoms with Gasteiger partial charge < -0.3 is 14.3 Å². The van der Waals surface area contributed by atoms with Crippen LogP contribution in [0.15, 0.2) is 22.1 Å². The molecule has 0 aromatic carbocycles. The number of aromatic amines is 1. The summed E-state index contributed by atoms with van der Waals surface area (Å²) in [5.74, 6) is 0. The summed E-state index contributed by atoms with van der Waals surface area (Å²) >= 11 is 0. The Morgan fingerprint density at radius 2 is 1.74 bits per heavy atom. The molecule has 0 aliphatic carbocycles. The van der Waals surface area contributed by atoms with Crippen LogP contribution in [0.2, 0.25) is 0 Å². The molecule has 7 heteroatoms. The third-order valence-electron chi connectivity index (χ3n) is 3.73. The molecule has 0 bridgehead atoms. The van der Waals surface area contributed by atoms with Gasteiger partial charge >= 0.3 is 7.12 Å². The Balaban J connectivity index is 2.36. The van der Waals surface area contributed by atoms with Gasteiger partial charge in [0.25, 0.3) is 0 Å². The third-order valence-corrected chi connectivity index (χ3v) is 4.59. The lowest BCUT2D eigenvalue weighted by atomic mass is 9.80. The molecule has 0 spiro atoms. The van der Waals surface area contributed by atoms with E-state index in [0.29, 0.717) is 10.5 Å². The van der Waals surface area contributed by atoms with Gasteiger partial charge in [-0.05, 0) is 27.7 Å². The van der Waals surface area contributed by atoms with Gasteiger partial charge in [0.05, 0.1) is 22.0 Å². The van der Waals surface area contributed by atoms with Gasteiger partial charge in [-0.25, -0.2) is 0 Å². The van der Waals surface area contributed by atoms with Crippen LogP contribution in [0, 0.1) is 0 Å². The van der Waals surface area contributed by atoms with Crippen molar-refractivity contribution < 1.29 is 13.5 Å². The summed E-state index contributed by atoms with van der Waals surface area (Å²) in [6, 6.07) is 1.33. The van der Waals surface area contributed by atoms with Crippen LogP contribution in [0.4, 0.5) is 0 Å². The first-order chi connectivity index (χ1) is 8.64. The number of aromatic nitrogens is 1. The highest BCUT2D eigenvalue weighted by Gasteiger charge is 2.52. The van der Waals surface area contributed by atoms with E-state index < -0.39 is 29.1 Å². The van der Waals surface area contributed by atoms with Gasteiger partial charge in [-0.2, -0.15) is 0 Å². The van der Waals surface area contributed by atoms with Gasteiger partial charge in [-0.15, -0.1) is 0 Å². The maximum atomic E-state index is 12.0. The van der Waals surface area contributed by atoms with Crippen LogP contribution >= 0.6 is 0 Å². The molecule has 2 heterocycles. The average molecular weight is 283 g/mol. The second-order valence-corrected chi connectivity index (χ2v) is 7.01. The summed E-state index contributed by atoms with van der Waals surface area (Å²) in [6.45, 7) is 7.71. The zero-order chi connectivity index (χ0) is 14.4. The van der Waals surface area contributed by atoms with Crippen molar-refractivity contribution in [2.24, 2.45) is 0 Å². The monoisotopic (exact) mass is 283 g/mol. The minimum absolute atomic E-state index is 0.234. The van der Waals surface area contributed by atoms with Gasteiger partial charge in [-0.3, -0.25) is 9.00 Å². The first-order valence-corrected chi connectivity index (χ1v) is 7.61. The smallest absolute Gasteiger partial charge is 0.399 e. The molecular formula is C12H18BNO4S. The van der Waals surface area contributed by atoms with E-state index >= 15 is 0 Å². The number of hydrogen-bond acceptors (Lipinski definition) is 4. The Hall–Kier alpha value is -0.915. The molecule has 1 unspecified atom stereocenters. The minimum atomic E-state index is -1.22. The second-order valence-electron chi connectivity index (χ2n) is 5.66. The topological polar surface area (TPSA) is 68.4 Å². The molecule has 0 amide bonds. The largest absolute Gasteiger partial charge is 0.500 e. The normalized spacial score (nSPS) is 22.5. The Labute approximate surface area is 115 Å². The third kappa shape index (κ3) is 2.54. The van der Waals surface area contributed by atoms with Gasteiger partial charge in [0, 0.05) is 24.0 Å². The van der Waals surface area contributed by atoms with E-state index in [4.69, 9.17) is 9.31 Å². The molecule has 104 valence electrons. The van der Waals surface area contributed by atoms with E-state index in [0.717, 1.165) is 0 Å². The molecule has 1 aromatic rings. The maximum Gasteiger partial charge on any atom is 0.500 e. The molecule has 1 saturated heterocycles. The summed E-state index contributed by atoms with van der Waals surface area (Å²) in [5.41, 5.74) is -0.817. The standard InChI is InChI=1S/C12H18BNO4S/c1-11(2)12(3,4)18-13(17-11)8-7-14-10(19(5)16)6-9(8)15/h6-7H,1-5H3,(H,14,15). The second kappa shape index (κ2) is 4.57. The molecule has 2 rings (SSSR count). The molecule has 0 radical (unpaired) electrons. The first-order valence-electron chi connectivity index (χ1n) is 6.06. The van der Waals surface area contributed by atoms with Crippen molar-refractivity contribution >= 4 is 23.4 Å². The number of nitrogens with one attached hydrogen (secondary N) is 1. The van der Waals surface area contributed by atoms with Crippen molar-refractivity contribution in [2.45, 2.75) is 43.9 Å². The Morgan fingerprint density at radius 3 is 2.16 bits per heavy atom. The van der Waals surface area contributed by atoms with Crippen molar-refractivity contribution in [2.75, 3.05) is 6.26 Å². The van der Waals surface area contributed by atoms with Gasteiger partial charge in [0.2, 0.25) is 0 Å². The number of H-pyrrole nitrogens is 1. The van der Waals surface area contributed by atoms with Crippen molar-refractivity contribution in [1.29, 1.82) is 0 Å². The Morgan fingerprint density at radius 1 is 1.21 bits per heavy atom. The average Bonchev–Trinajstić information content (AvgIpc) is 2.47. The van der Waals surface area contributed by atoms with E-state index in [9.17, 15) is 9.00 Å². The highest BCUT2D eigenvalue weighted by molar-refractivity contribution is 7.84. The quantitative estimate of drug-likeness (QED) is 0.798. The molecule has 1 atom stereocenters. The minimum Gasteiger partial charge on any atom is -0.399 e. The molecular weight excluding hydrogens is 265 g/mol. The van der Waals surface area contributed by atoms with Gasteiger partial charge in [-0.1, -0.05) is 0 Å². The molecule has 1 aromatic heterocycles. The molecule has 0 saturated carbocycles. The zero-order valence-electron chi connectivity index (χ0n) is 11.8. The number of pyridine rings is 1. The van der Waals surface area contributed by atoms with Crippen LogP contribution in [0.5, 0.6) is 0 Å². The Kier molecular flexibility index (Phi) is 3.49. The van der Waals surface area contributed by atoms with E-state index in [2.05, 4.69) is 4.98 Å². The van der Waals surface area contributed by atoms with E-state index in [1.165, 1.54) is 18.5 Å². The fourth-order valence-electron chi connectivity index (χ4n) is 1.78. The lowest BCUT2D eigenvalue weighted by Gasteiger charge is -2.32. The Bertz CT molecular complexity index is 565. The van der Waals surface area contributed by atoms with Crippen molar-refractivity contribution in [3.63, 3.8) is 0 Å². The molecule has 1 aliphatic heterocycles. The number of rotatable bonds is 2. The molecule has 5 nitrogen and oxygen atoms in total. The predicted molar refractivity (Wildman–Crippen MR) is 75.1 cm³/mol. The maximum absolute atomic E-state index is 12.0. The highest BCUT2D eigenvalue weighted by atomic mass is 32.2. The van der Waals surface area contributed by atoms with Gasteiger partial charge in [0.15, 0.2) is 5.43 Å². The van der Waals surface area contributed by atoms with E-state index in [1.807, 2.05) is 27.7 Å². The van der Waals surface area contributed by atoms with Crippen LogP contribution < -0.4 is 10.9 Å². The van der Waals surface area contributed by atoms with Crippen LogP contribution in [0.1, 0.15) is 27.7 Å². The van der Waals surface area contributed by atoms with Crippen molar-refractivity contribution in [3.8, 4) is 0 Å². The molecule has 1 N–H and O–H groups in total. The van der Waals surface area contributed by atoms with Crippen LogP contribution in [-0.4, -0.2) is 33.8 Å². The highest BCUT2D eigenvalue weighted by Crippen LogP contribution is 2.36. The summed E-state index contributed by atoms with van der Waals surface area (Å²) in [7, 11) is -1.92. The fourth-order valence-corrected chi connectivity index (χ4v) is 2.28. The SMILES string of the molecule is CS(=O)c1cc(=O)c(B2OC(C)(C)C(C)(C)O2)c[nH]1. The van der Waals surface area contributed by atoms with Crippen LogP contribution in [-0.2, 0) is 20.1 Å². The van der Waals surface area contributed by atoms with Crippen LogP contribution in [0.25, 0.3) is 0 Å². The molecule has 19 heavy (non-hydrogen) atoms. The van der Waals surface area contributed by atoms with Gasteiger partial charge in [0.1, 0.15) is 5.03 Å². The van der Waals surface area contributed by atoms with Crippen molar-refractivity contribution in [1.82, 2.24) is 4.98 Å². The molecule has 1 fully saturated rings. The summed E-state index contributed by atoms with van der Waals surface area (Å²) in [4.78, 5) is 14.9. The first kappa shape index (κ1) is 14.5.